The Kier molecular flexibility index (Phi) is 4.98. The molecule has 2 amide bonds. The lowest BCUT2D eigenvalue weighted by molar-refractivity contribution is 0.122. The van der Waals surface area contributed by atoms with E-state index in [2.05, 4.69) is 47.2 Å². The molecule has 1 aromatic carbocycles. The van der Waals surface area contributed by atoms with Crippen molar-refractivity contribution in [1.29, 1.82) is 0 Å². The van der Waals surface area contributed by atoms with Gasteiger partial charge in [0.25, 0.3) is 0 Å². The lowest BCUT2D eigenvalue weighted by Crippen LogP contribution is -2.52. The Labute approximate surface area is 133 Å². The van der Waals surface area contributed by atoms with Gasteiger partial charge < -0.3 is 14.7 Å². The molecule has 0 N–H and O–H groups in total. The van der Waals surface area contributed by atoms with Gasteiger partial charge in [-0.15, -0.1) is 0 Å². The second kappa shape index (κ2) is 7.14. The molecule has 2 saturated heterocycles. The van der Waals surface area contributed by atoms with Crippen LogP contribution in [-0.2, 0) is 0 Å². The molecule has 4 heteroatoms. The number of piperazine rings is 1. The minimum absolute atomic E-state index is 0.246. The highest BCUT2D eigenvalue weighted by atomic mass is 16.2. The van der Waals surface area contributed by atoms with Crippen LogP contribution in [0, 0.1) is 0 Å². The van der Waals surface area contributed by atoms with Crippen molar-refractivity contribution in [3.05, 3.63) is 35.9 Å². The van der Waals surface area contributed by atoms with Crippen LogP contribution in [-0.4, -0.2) is 67.0 Å². The van der Waals surface area contributed by atoms with E-state index in [0.717, 1.165) is 45.7 Å². The number of urea groups is 1. The summed E-state index contributed by atoms with van der Waals surface area (Å²) in [4.78, 5) is 19.2. The molecule has 2 heterocycles. The fourth-order valence-corrected chi connectivity index (χ4v) is 3.51. The number of benzene rings is 1. The minimum Gasteiger partial charge on any atom is -0.324 e. The number of nitrogens with zero attached hydrogens (tertiary/aromatic N) is 3. The molecule has 0 aromatic heterocycles. The molecule has 1 atom stereocenters. The van der Waals surface area contributed by atoms with E-state index < -0.39 is 0 Å². The summed E-state index contributed by atoms with van der Waals surface area (Å²) in [6, 6.07) is 10.9. The molecule has 3 rings (SSSR count). The maximum Gasteiger partial charge on any atom is 0.320 e. The van der Waals surface area contributed by atoms with Crippen molar-refractivity contribution < 1.29 is 4.79 Å². The average molecular weight is 301 g/mol. The fraction of sp³-hybridized carbons (Fsp3) is 0.611. The monoisotopic (exact) mass is 301 g/mol. The number of hydrogen-bond acceptors (Lipinski definition) is 2. The highest BCUT2D eigenvalue weighted by Gasteiger charge is 2.27. The Morgan fingerprint density at radius 3 is 2.41 bits per heavy atom. The van der Waals surface area contributed by atoms with Crippen LogP contribution < -0.4 is 0 Å². The van der Waals surface area contributed by atoms with Crippen molar-refractivity contribution in [3.8, 4) is 0 Å². The van der Waals surface area contributed by atoms with Crippen molar-refractivity contribution in [2.45, 2.75) is 25.2 Å². The summed E-state index contributed by atoms with van der Waals surface area (Å²) in [5, 5.41) is 0. The topological polar surface area (TPSA) is 26.8 Å². The van der Waals surface area contributed by atoms with Crippen molar-refractivity contribution in [1.82, 2.24) is 14.7 Å². The van der Waals surface area contributed by atoms with Crippen LogP contribution in [0.15, 0.2) is 30.3 Å². The molecule has 4 nitrogen and oxygen atoms in total. The van der Waals surface area contributed by atoms with Crippen LogP contribution in [0.3, 0.4) is 0 Å². The molecule has 0 saturated carbocycles. The predicted octanol–water partition coefficient (Wildman–Crippen LogP) is 2.62. The zero-order chi connectivity index (χ0) is 15.4. The molecule has 2 aliphatic heterocycles. The molecule has 2 fully saturated rings. The number of carbonyl (C=O) groups excluding carboxylic acids is 1. The van der Waals surface area contributed by atoms with E-state index in [-0.39, 0.29) is 6.03 Å². The third kappa shape index (κ3) is 3.61. The summed E-state index contributed by atoms with van der Waals surface area (Å²) in [5.41, 5.74) is 1.38. The van der Waals surface area contributed by atoms with Gasteiger partial charge in [-0.3, -0.25) is 0 Å². The SMILES string of the molecule is CN1CCN(C(=O)N2CCCC[C@H](c3ccccc3)C2)CC1. The zero-order valence-electron chi connectivity index (χ0n) is 13.6. The van der Waals surface area contributed by atoms with E-state index in [4.69, 9.17) is 0 Å². The maximum absolute atomic E-state index is 12.8. The van der Waals surface area contributed by atoms with E-state index in [9.17, 15) is 4.79 Å². The van der Waals surface area contributed by atoms with Gasteiger partial charge in [0.05, 0.1) is 0 Å². The van der Waals surface area contributed by atoms with E-state index >= 15 is 0 Å². The van der Waals surface area contributed by atoms with Crippen molar-refractivity contribution in [2.24, 2.45) is 0 Å². The van der Waals surface area contributed by atoms with Crippen LogP contribution in [0.25, 0.3) is 0 Å². The minimum atomic E-state index is 0.246. The Morgan fingerprint density at radius 1 is 0.955 bits per heavy atom. The predicted molar refractivity (Wildman–Crippen MR) is 89.1 cm³/mol. The van der Waals surface area contributed by atoms with Gasteiger partial charge in [0, 0.05) is 45.2 Å². The molecule has 0 unspecified atom stereocenters. The molecule has 120 valence electrons. The van der Waals surface area contributed by atoms with Crippen LogP contribution in [0.4, 0.5) is 4.79 Å². The summed E-state index contributed by atoms with van der Waals surface area (Å²) in [6.07, 6.45) is 3.53. The van der Waals surface area contributed by atoms with Crippen LogP contribution in [0.1, 0.15) is 30.7 Å². The van der Waals surface area contributed by atoms with Gasteiger partial charge in [0.15, 0.2) is 0 Å². The van der Waals surface area contributed by atoms with E-state index in [1.54, 1.807) is 0 Å². The van der Waals surface area contributed by atoms with Gasteiger partial charge in [-0.05, 0) is 25.5 Å². The first kappa shape index (κ1) is 15.3. The first-order valence-corrected chi connectivity index (χ1v) is 8.51. The number of amides is 2. The normalized spacial score (nSPS) is 24.1. The second-order valence-corrected chi connectivity index (χ2v) is 6.62. The van der Waals surface area contributed by atoms with Crippen molar-refractivity contribution >= 4 is 6.03 Å². The number of likely N-dealkylation sites (tertiary alicyclic amines) is 1. The molecule has 1 aromatic rings. The van der Waals surface area contributed by atoms with E-state index in [1.165, 1.54) is 18.4 Å². The van der Waals surface area contributed by atoms with Crippen LogP contribution in [0.2, 0.25) is 0 Å². The Bertz CT molecular complexity index is 482. The summed E-state index contributed by atoms with van der Waals surface area (Å²) in [7, 11) is 2.12. The number of likely N-dealkylation sites (N-methyl/N-ethyl adjacent to an activating group) is 1. The van der Waals surface area contributed by atoms with Gasteiger partial charge in [0.2, 0.25) is 0 Å². The fourth-order valence-electron chi connectivity index (χ4n) is 3.51. The molecule has 0 bridgehead atoms. The summed E-state index contributed by atoms with van der Waals surface area (Å²) in [6.45, 7) is 5.48. The Morgan fingerprint density at radius 2 is 1.68 bits per heavy atom. The number of hydrogen-bond donors (Lipinski definition) is 0. The first-order valence-electron chi connectivity index (χ1n) is 8.51. The Balaban J connectivity index is 1.66. The third-order valence-corrected chi connectivity index (χ3v) is 4.99. The lowest BCUT2D eigenvalue weighted by Gasteiger charge is -2.36. The maximum atomic E-state index is 12.8. The van der Waals surface area contributed by atoms with Gasteiger partial charge in [0.1, 0.15) is 0 Å². The smallest absolute Gasteiger partial charge is 0.320 e. The van der Waals surface area contributed by atoms with Crippen molar-refractivity contribution in [3.63, 3.8) is 0 Å². The summed E-state index contributed by atoms with van der Waals surface area (Å²) < 4.78 is 0. The van der Waals surface area contributed by atoms with Crippen molar-refractivity contribution in [2.75, 3.05) is 46.3 Å². The summed E-state index contributed by atoms with van der Waals surface area (Å²) in [5.74, 6) is 0.486. The quantitative estimate of drug-likeness (QED) is 0.797. The van der Waals surface area contributed by atoms with Gasteiger partial charge >= 0.3 is 6.03 Å². The van der Waals surface area contributed by atoms with Crippen LogP contribution in [0.5, 0.6) is 0 Å². The molecule has 0 radical (unpaired) electrons. The third-order valence-electron chi connectivity index (χ3n) is 4.99. The zero-order valence-corrected chi connectivity index (χ0v) is 13.6. The molecular weight excluding hydrogens is 274 g/mol. The molecule has 22 heavy (non-hydrogen) atoms. The molecular formula is C18H27N3O. The highest BCUT2D eigenvalue weighted by Crippen LogP contribution is 2.27. The van der Waals surface area contributed by atoms with Gasteiger partial charge in [-0.25, -0.2) is 4.79 Å². The van der Waals surface area contributed by atoms with E-state index in [0.29, 0.717) is 5.92 Å². The molecule has 0 aliphatic carbocycles. The molecule has 2 aliphatic rings. The number of rotatable bonds is 1. The van der Waals surface area contributed by atoms with Crippen LogP contribution >= 0.6 is 0 Å². The highest BCUT2D eigenvalue weighted by molar-refractivity contribution is 5.74. The second-order valence-electron chi connectivity index (χ2n) is 6.62. The van der Waals surface area contributed by atoms with Gasteiger partial charge in [-0.2, -0.15) is 0 Å². The largest absolute Gasteiger partial charge is 0.324 e. The average Bonchev–Trinajstić information content (AvgIpc) is 2.82. The number of carbonyl (C=O) groups is 1. The lowest BCUT2D eigenvalue weighted by atomic mass is 9.94. The van der Waals surface area contributed by atoms with E-state index in [1.807, 2.05) is 4.90 Å². The standard InChI is InChI=1S/C18H27N3O/c1-19-11-13-20(14-12-19)18(22)21-10-6-5-9-17(15-21)16-7-3-2-4-8-16/h2-4,7-8,17H,5-6,9-15H2,1H3/t17-/m0/s1. The van der Waals surface area contributed by atoms with Gasteiger partial charge in [-0.1, -0.05) is 36.8 Å². The summed E-state index contributed by atoms with van der Waals surface area (Å²) >= 11 is 0. The first-order chi connectivity index (χ1) is 10.7. The Hall–Kier alpha value is -1.55. The molecule has 0 spiro atoms.